The van der Waals surface area contributed by atoms with Crippen LogP contribution in [0.5, 0.6) is 5.75 Å². The molecule has 1 aromatic carbocycles. The zero-order valence-corrected chi connectivity index (χ0v) is 13.8. The highest BCUT2D eigenvalue weighted by Gasteiger charge is 2.16. The lowest BCUT2D eigenvalue weighted by Gasteiger charge is -2.24. The molecule has 2 nitrogen and oxygen atoms in total. The average molecular weight is 277 g/mol. The smallest absolute Gasteiger partial charge is 0.119 e. The Kier molecular flexibility index (Phi) is 7.08. The molecule has 1 aromatic rings. The fourth-order valence-corrected chi connectivity index (χ4v) is 2.27. The lowest BCUT2D eigenvalue weighted by Crippen LogP contribution is -2.23. The molecule has 0 aliphatic carbocycles. The Balaban J connectivity index is 2.77. The highest BCUT2D eigenvalue weighted by Crippen LogP contribution is 2.29. The molecule has 20 heavy (non-hydrogen) atoms. The van der Waals surface area contributed by atoms with E-state index in [1.54, 1.807) is 0 Å². The van der Waals surface area contributed by atoms with Gasteiger partial charge < -0.3 is 10.1 Å². The van der Waals surface area contributed by atoms with Crippen molar-refractivity contribution in [2.24, 2.45) is 5.41 Å². The molecule has 1 unspecified atom stereocenters. The molecule has 0 fully saturated rings. The Bertz CT molecular complexity index is 381. The van der Waals surface area contributed by atoms with Gasteiger partial charge in [-0.05, 0) is 55.8 Å². The van der Waals surface area contributed by atoms with Crippen molar-refractivity contribution >= 4 is 0 Å². The van der Waals surface area contributed by atoms with Crippen LogP contribution in [0.15, 0.2) is 24.3 Å². The van der Waals surface area contributed by atoms with Gasteiger partial charge in [0.1, 0.15) is 5.75 Å². The Morgan fingerprint density at radius 2 is 1.95 bits per heavy atom. The monoisotopic (exact) mass is 277 g/mol. The van der Waals surface area contributed by atoms with Gasteiger partial charge in [-0.2, -0.15) is 0 Å². The van der Waals surface area contributed by atoms with Gasteiger partial charge in [0.15, 0.2) is 0 Å². The van der Waals surface area contributed by atoms with Crippen LogP contribution < -0.4 is 10.1 Å². The Labute approximate surface area is 124 Å². The summed E-state index contributed by atoms with van der Waals surface area (Å²) in [6.45, 7) is 12.9. The molecule has 0 saturated carbocycles. The lowest BCUT2D eigenvalue weighted by atomic mass is 9.87. The van der Waals surface area contributed by atoms with Gasteiger partial charge >= 0.3 is 0 Å². The van der Waals surface area contributed by atoms with E-state index < -0.39 is 0 Å². The molecule has 1 N–H and O–H groups in total. The van der Waals surface area contributed by atoms with Crippen molar-refractivity contribution in [2.75, 3.05) is 13.2 Å². The molecule has 0 aliphatic rings. The second-order valence-electron chi connectivity index (χ2n) is 6.61. The number of ether oxygens (including phenoxy) is 1. The lowest BCUT2D eigenvalue weighted by molar-refractivity contribution is 0.328. The van der Waals surface area contributed by atoms with E-state index in [0.29, 0.717) is 11.5 Å². The first kappa shape index (κ1) is 17.0. The van der Waals surface area contributed by atoms with Crippen molar-refractivity contribution in [2.45, 2.75) is 59.9 Å². The third-order valence-electron chi connectivity index (χ3n) is 3.40. The zero-order valence-electron chi connectivity index (χ0n) is 13.8. The summed E-state index contributed by atoms with van der Waals surface area (Å²) in [7, 11) is 0. The van der Waals surface area contributed by atoms with Crippen molar-refractivity contribution in [1.82, 2.24) is 5.32 Å². The van der Waals surface area contributed by atoms with Crippen LogP contribution in [0, 0.1) is 5.41 Å². The second-order valence-corrected chi connectivity index (χ2v) is 6.61. The van der Waals surface area contributed by atoms with E-state index in [2.05, 4.69) is 51.2 Å². The molecule has 0 saturated heterocycles. The summed E-state index contributed by atoms with van der Waals surface area (Å²) in [6, 6.07) is 8.94. The van der Waals surface area contributed by atoms with Gasteiger partial charge in [0.05, 0.1) is 6.61 Å². The first-order valence-electron chi connectivity index (χ1n) is 7.92. The third kappa shape index (κ3) is 6.42. The predicted molar refractivity (Wildman–Crippen MR) is 87.3 cm³/mol. The van der Waals surface area contributed by atoms with Crippen molar-refractivity contribution in [3.05, 3.63) is 29.8 Å². The fourth-order valence-electron chi connectivity index (χ4n) is 2.27. The number of hydrogen-bond donors (Lipinski definition) is 1. The second kappa shape index (κ2) is 8.31. The molecule has 114 valence electrons. The highest BCUT2D eigenvalue weighted by molar-refractivity contribution is 5.30. The number of nitrogens with one attached hydrogen (secondary N) is 1. The van der Waals surface area contributed by atoms with Gasteiger partial charge in [0.2, 0.25) is 0 Å². The minimum atomic E-state index is 0.379. The van der Waals surface area contributed by atoms with E-state index in [1.165, 1.54) is 18.4 Å². The summed E-state index contributed by atoms with van der Waals surface area (Å²) < 4.78 is 5.62. The molecule has 0 aromatic heterocycles. The Hall–Kier alpha value is -1.02. The van der Waals surface area contributed by atoms with Crippen LogP contribution in [-0.4, -0.2) is 13.2 Å². The van der Waals surface area contributed by atoms with Crippen LogP contribution in [0.1, 0.15) is 65.5 Å². The van der Waals surface area contributed by atoms with Gasteiger partial charge in [-0.15, -0.1) is 0 Å². The molecule has 0 heterocycles. The molecule has 1 rings (SSSR count). The summed E-state index contributed by atoms with van der Waals surface area (Å²) in [5, 5.41) is 3.67. The van der Waals surface area contributed by atoms with Crippen molar-refractivity contribution in [3.63, 3.8) is 0 Å². The maximum Gasteiger partial charge on any atom is 0.119 e. The van der Waals surface area contributed by atoms with Crippen LogP contribution in [0.2, 0.25) is 0 Å². The van der Waals surface area contributed by atoms with Crippen molar-refractivity contribution < 1.29 is 4.74 Å². The van der Waals surface area contributed by atoms with Crippen LogP contribution in [-0.2, 0) is 0 Å². The summed E-state index contributed by atoms with van der Waals surface area (Å²) in [6.07, 6.45) is 3.55. The quantitative estimate of drug-likeness (QED) is 0.725. The molecule has 1 atom stereocenters. The van der Waals surface area contributed by atoms with E-state index in [4.69, 9.17) is 4.74 Å². The van der Waals surface area contributed by atoms with E-state index in [9.17, 15) is 0 Å². The highest BCUT2D eigenvalue weighted by atomic mass is 16.5. The van der Waals surface area contributed by atoms with Crippen LogP contribution in [0.4, 0.5) is 0 Å². The third-order valence-corrected chi connectivity index (χ3v) is 3.40. The minimum absolute atomic E-state index is 0.379. The molecule has 0 amide bonds. The van der Waals surface area contributed by atoms with Crippen LogP contribution in [0.3, 0.4) is 0 Å². The van der Waals surface area contributed by atoms with Crippen LogP contribution >= 0.6 is 0 Å². The van der Waals surface area contributed by atoms with E-state index in [-0.39, 0.29) is 0 Å². The molecular weight excluding hydrogens is 246 g/mol. The van der Waals surface area contributed by atoms with Gasteiger partial charge in [-0.3, -0.25) is 0 Å². The van der Waals surface area contributed by atoms with Crippen molar-refractivity contribution in [1.29, 1.82) is 0 Å². The van der Waals surface area contributed by atoms with Gasteiger partial charge in [-0.1, -0.05) is 39.8 Å². The Morgan fingerprint density at radius 3 is 2.55 bits per heavy atom. The minimum Gasteiger partial charge on any atom is -0.494 e. The van der Waals surface area contributed by atoms with E-state index >= 15 is 0 Å². The summed E-state index contributed by atoms with van der Waals surface area (Å²) in [5.41, 5.74) is 1.72. The van der Waals surface area contributed by atoms with Crippen LogP contribution in [0.25, 0.3) is 0 Å². The van der Waals surface area contributed by atoms with E-state index in [1.807, 2.05) is 13.0 Å². The number of rotatable bonds is 8. The van der Waals surface area contributed by atoms with Gasteiger partial charge in [0.25, 0.3) is 0 Å². The summed E-state index contributed by atoms with van der Waals surface area (Å²) >= 11 is 0. The topological polar surface area (TPSA) is 21.3 Å². The Morgan fingerprint density at radius 1 is 1.20 bits per heavy atom. The average Bonchev–Trinajstić information content (AvgIpc) is 2.38. The zero-order chi connectivity index (χ0) is 15.0. The summed E-state index contributed by atoms with van der Waals surface area (Å²) in [5.74, 6) is 0.976. The number of benzene rings is 1. The standard InChI is InChI=1S/C18H31NO/c1-6-13-19-17(11-12-18(3,4)5)15-9-8-10-16(14-15)20-7-2/h8-10,14,17,19H,6-7,11-13H2,1-5H3. The SMILES string of the molecule is CCCNC(CCC(C)(C)C)c1cccc(OCC)c1. The maximum atomic E-state index is 5.62. The molecule has 0 aliphatic heterocycles. The normalized spacial score (nSPS) is 13.2. The summed E-state index contributed by atoms with van der Waals surface area (Å²) in [4.78, 5) is 0. The first-order chi connectivity index (χ1) is 9.46. The molecule has 0 radical (unpaired) electrons. The largest absolute Gasteiger partial charge is 0.494 e. The predicted octanol–water partition coefficient (Wildman–Crippen LogP) is 4.95. The fraction of sp³-hybridized carbons (Fsp3) is 0.667. The van der Waals surface area contributed by atoms with Crippen molar-refractivity contribution in [3.8, 4) is 5.75 Å². The van der Waals surface area contributed by atoms with Gasteiger partial charge in [0, 0.05) is 6.04 Å². The first-order valence-corrected chi connectivity index (χ1v) is 7.92. The molecule has 0 bridgehead atoms. The van der Waals surface area contributed by atoms with Gasteiger partial charge in [-0.25, -0.2) is 0 Å². The van der Waals surface area contributed by atoms with E-state index in [0.717, 1.165) is 25.3 Å². The maximum absolute atomic E-state index is 5.62. The molecule has 0 spiro atoms. The number of hydrogen-bond acceptors (Lipinski definition) is 2. The molecule has 2 heteroatoms. The molecular formula is C18H31NO.